The van der Waals surface area contributed by atoms with Gasteiger partial charge in [-0.05, 0) is 38.3 Å². The molecule has 96 valence electrons. The van der Waals surface area contributed by atoms with Gasteiger partial charge in [0.15, 0.2) is 5.78 Å². The molecule has 3 nitrogen and oxygen atoms in total. The Labute approximate surface area is 108 Å². The summed E-state index contributed by atoms with van der Waals surface area (Å²) in [6.07, 6.45) is 1.70. The first-order valence-corrected chi connectivity index (χ1v) is 6.39. The number of carbonyl (C=O) groups excluding carboxylic acids is 2. The van der Waals surface area contributed by atoms with Crippen LogP contribution in [0, 0.1) is 13.8 Å². The third-order valence-electron chi connectivity index (χ3n) is 3.62. The SMILES string of the molecule is CC(=O)N1CCCC1C(=O)c1cc(C)ccc1C. The van der Waals surface area contributed by atoms with Crippen LogP contribution in [0.25, 0.3) is 0 Å². The quantitative estimate of drug-likeness (QED) is 0.751. The first kappa shape index (κ1) is 12.8. The van der Waals surface area contributed by atoms with Crippen LogP contribution in [0.3, 0.4) is 0 Å². The fourth-order valence-electron chi connectivity index (χ4n) is 2.60. The molecule has 1 aliphatic rings. The van der Waals surface area contributed by atoms with E-state index in [1.807, 2.05) is 32.0 Å². The van der Waals surface area contributed by atoms with E-state index in [9.17, 15) is 9.59 Å². The van der Waals surface area contributed by atoms with Gasteiger partial charge in [-0.1, -0.05) is 17.7 Å². The van der Waals surface area contributed by atoms with E-state index < -0.39 is 0 Å². The Morgan fingerprint density at radius 2 is 2.00 bits per heavy atom. The highest BCUT2D eigenvalue weighted by Crippen LogP contribution is 2.23. The van der Waals surface area contributed by atoms with Crippen molar-refractivity contribution in [1.82, 2.24) is 4.90 Å². The summed E-state index contributed by atoms with van der Waals surface area (Å²) in [4.78, 5) is 25.8. The van der Waals surface area contributed by atoms with Crippen LogP contribution >= 0.6 is 0 Å². The van der Waals surface area contributed by atoms with Gasteiger partial charge in [-0.3, -0.25) is 9.59 Å². The molecule has 0 aromatic heterocycles. The van der Waals surface area contributed by atoms with E-state index in [0.29, 0.717) is 6.54 Å². The van der Waals surface area contributed by atoms with Gasteiger partial charge < -0.3 is 4.90 Å². The van der Waals surface area contributed by atoms with E-state index in [1.54, 1.807) is 4.90 Å². The van der Waals surface area contributed by atoms with Crippen LogP contribution in [0.15, 0.2) is 18.2 Å². The van der Waals surface area contributed by atoms with Crippen molar-refractivity contribution in [3.8, 4) is 0 Å². The monoisotopic (exact) mass is 245 g/mol. The molecule has 0 aliphatic carbocycles. The third kappa shape index (κ3) is 2.30. The summed E-state index contributed by atoms with van der Waals surface area (Å²) < 4.78 is 0. The van der Waals surface area contributed by atoms with Gasteiger partial charge in [0.25, 0.3) is 0 Å². The lowest BCUT2D eigenvalue weighted by Gasteiger charge is -2.22. The van der Waals surface area contributed by atoms with Crippen molar-refractivity contribution in [3.63, 3.8) is 0 Å². The number of carbonyl (C=O) groups is 2. The number of nitrogens with zero attached hydrogens (tertiary/aromatic N) is 1. The Kier molecular flexibility index (Phi) is 3.50. The topological polar surface area (TPSA) is 37.4 Å². The van der Waals surface area contributed by atoms with Gasteiger partial charge in [0.05, 0.1) is 6.04 Å². The smallest absolute Gasteiger partial charge is 0.220 e. The highest BCUT2D eigenvalue weighted by Gasteiger charge is 2.33. The molecule has 1 aromatic carbocycles. The molecule has 1 amide bonds. The van der Waals surface area contributed by atoms with Crippen molar-refractivity contribution < 1.29 is 9.59 Å². The number of aryl methyl sites for hydroxylation is 2. The first-order valence-electron chi connectivity index (χ1n) is 6.39. The Hall–Kier alpha value is -1.64. The molecule has 18 heavy (non-hydrogen) atoms. The summed E-state index contributed by atoms with van der Waals surface area (Å²) in [6.45, 7) is 6.17. The third-order valence-corrected chi connectivity index (χ3v) is 3.62. The molecule has 3 heteroatoms. The highest BCUT2D eigenvalue weighted by molar-refractivity contribution is 6.03. The van der Waals surface area contributed by atoms with E-state index in [-0.39, 0.29) is 17.7 Å². The van der Waals surface area contributed by atoms with E-state index in [0.717, 1.165) is 29.5 Å². The maximum absolute atomic E-state index is 12.5. The van der Waals surface area contributed by atoms with Crippen molar-refractivity contribution >= 4 is 11.7 Å². The molecule has 1 unspecified atom stereocenters. The van der Waals surface area contributed by atoms with Gasteiger partial charge in [-0.25, -0.2) is 0 Å². The van der Waals surface area contributed by atoms with Crippen LogP contribution in [-0.4, -0.2) is 29.2 Å². The normalized spacial score (nSPS) is 19.1. The van der Waals surface area contributed by atoms with Crippen molar-refractivity contribution in [3.05, 3.63) is 34.9 Å². The molecule has 1 fully saturated rings. The van der Waals surface area contributed by atoms with Crippen LogP contribution < -0.4 is 0 Å². The fourth-order valence-corrected chi connectivity index (χ4v) is 2.60. The molecule has 0 bridgehead atoms. The number of hydrogen-bond acceptors (Lipinski definition) is 2. The van der Waals surface area contributed by atoms with Crippen molar-refractivity contribution in [2.45, 2.75) is 39.7 Å². The molecule has 0 N–H and O–H groups in total. The number of benzene rings is 1. The van der Waals surface area contributed by atoms with Crippen LogP contribution in [0.5, 0.6) is 0 Å². The predicted octanol–water partition coefficient (Wildman–Crippen LogP) is 2.50. The van der Waals surface area contributed by atoms with Gasteiger partial charge in [0.2, 0.25) is 5.91 Å². The zero-order chi connectivity index (χ0) is 13.3. The summed E-state index contributed by atoms with van der Waals surface area (Å²) >= 11 is 0. The molecular formula is C15H19NO2. The Balaban J connectivity index is 2.31. The molecule has 0 radical (unpaired) electrons. The Bertz CT molecular complexity index is 493. The lowest BCUT2D eigenvalue weighted by molar-refractivity contribution is -0.128. The summed E-state index contributed by atoms with van der Waals surface area (Å²) in [5.41, 5.74) is 2.82. The van der Waals surface area contributed by atoms with Crippen LogP contribution in [-0.2, 0) is 4.79 Å². The number of rotatable bonds is 2. The average Bonchev–Trinajstić information content (AvgIpc) is 2.80. The lowest BCUT2D eigenvalue weighted by atomic mass is 9.96. The van der Waals surface area contributed by atoms with Crippen molar-refractivity contribution in [2.24, 2.45) is 0 Å². The fraction of sp³-hybridized carbons (Fsp3) is 0.467. The summed E-state index contributed by atoms with van der Waals surface area (Å²) in [5.74, 6) is 0.0834. The van der Waals surface area contributed by atoms with Gasteiger partial charge in [-0.2, -0.15) is 0 Å². The molecular weight excluding hydrogens is 226 g/mol. The maximum atomic E-state index is 12.5. The number of Topliss-reactive ketones (excluding diaryl/α,β-unsaturated/α-hetero) is 1. The standard InChI is InChI=1S/C15H19NO2/c1-10-6-7-11(2)13(9-10)15(18)14-5-4-8-16(14)12(3)17/h6-7,9,14H,4-5,8H2,1-3H3. The lowest BCUT2D eigenvalue weighted by Crippen LogP contribution is -2.39. The molecule has 1 saturated heterocycles. The number of ketones is 1. The molecule has 1 aromatic rings. The number of likely N-dealkylation sites (tertiary alicyclic amines) is 1. The van der Waals surface area contributed by atoms with E-state index >= 15 is 0 Å². The molecule has 2 rings (SSSR count). The largest absolute Gasteiger partial charge is 0.333 e. The predicted molar refractivity (Wildman–Crippen MR) is 70.7 cm³/mol. The van der Waals surface area contributed by atoms with Gasteiger partial charge >= 0.3 is 0 Å². The molecule has 1 aliphatic heterocycles. The minimum Gasteiger partial charge on any atom is -0.333 e. The zero-order valence-corrected chi connectivity index (χ0v) is 11.2. The second-order valence-corrected chi connectivity index (χ2v) is 5.05. The highest BCUT2D eigenvalue weighted by atomic mass is 16.2. The van der Waals surface area contributed by atoms with E-state index in [4.69, 9.17) is 0 Å². The van der Waals surface area contributed by atoms with Gasteiger partial charge in [0.1, 0.15) is 0 Å². The average molecular weight is 245 g/mol. The Morgan fingerprint density at radius 1 is 1.28 bits per heavy atom. The summed E-state index contributed by atoms with van der Waals surface area (Å²) in [7, 11) is 0. The number of hydrogen-bond donors (Lipinski definition) is 0. The van der Waals surface area contributed by atoms with Crippen LogP contribution in [0.2, 0.25) is 0 Å². The van der Waals surface area contributed by atoms with E-state index in [1.165, 1.54) is 6.92 Å². The van der Waals surface area contributed by atoms with Crippen LogP contribution in [0.1, 0.15) is 41.3 Å². The maximum Gasteiger partial charge on any atom is 0.220 e. The first-order chi connectivity index (χ1) is 8.50. The molecule has 0 saturated carbocycles. The minimum absolute atomic E-state index is 0.00356. The van der Waals surface area contributed by atoms with Crippen LogP contribution in [0.4, 0.5) is 0 Å². The van der Waals surface area contributed by atoms with Crippen molar-refractivity contribution in [2.75, 3.05) is 6.54 Å². The van der Waals surface area contributed by atoms with Crippen molar-refractivity contribution in [1.29, 1.82) is 0 Å². The minimum atomic E-state index is -0.261. The Morgan fingerprint density at radius 3 is 2.67 bits per heavy atom. The van der Waals surface area contributed by atoms with Gasteiger partial charge in [-0.15, -0.1) is 0 Å². The second-order valence-electron chi connectivity index (χ2n) is 5.05. The van der Waals surface area contributed by atoms with Gasteiger partial charge in [0, 0.05) is 19.0 Å². The number of amides is 1. The molecule has 1 heterocycles. The molecule has 1 atom stereocenters. The summed E-state index contributed by atoms with van der Waals surface area (Å²) in [5, 5.41) is 0. The summed E-state index contributed by atoms with van der Waals surface area (Å²) in [6, 6.07) is 5.64. The van der Waals surface area contributed by atoms with E-state index in [2.05, 4.69) is 0 Å². The second kappa shape index (κ2) is 4.92. The zero-order valence-electron chi connectivity index (χ0n) is 11.2. The molecule has 0 spiro atoms.